The van der Waals surface area contributed by atoms with Crippen LogP contribution in [0.5, 0.6) is 0 Å². The van der Waals surface area contributed by atoms with Gasteiger partial charge in [0.05, 0.1) is 30.2 Å². The van der Waals surface area contributed by atoms with Crippen LogP contribution in [-0.4, -0.2) is 57.7 Å². The van der Waals surface area contributed by atoms with Crippen molar-refractivity contribution < 1.29 is 4.74 Å². The molecule has 2 aliphatic heterocycles. The van der Waals surface area contributed by atoms with Gasteiger partial charge in [0, 0.05) is 44.2 Å². The molecule has 0 atom stereocenters. The molecule has 0 radical (unpaired) electrons. The van der Waals surface area contributed by atoms with Crippen molar-refractivity contribution in [2.45, 2.75) is 32.5 Å². The highest BCUT2D eigenvalue weighted by Crippen LogP contribution is 2.29. The molecular weight excluding hydrogens is 414 g/mol. The number of anilines is 1. The van der Waals surface area contributed by atoms with Crippen LogP contribution < -0.4 is 16.1 Å². The molecule has 0 N–H and O–H groups in total. The van der Waals surface area contributed by atoms with E-state index in [9.17, 15) is 9.59 Å². The first kappa shape index (κ1) is 20.4. The Hall–Kier alpha value is -2.49. The van der Waals surface area contributed by atoms with Gasteiger partial charge in [0.15, 0.2) is 0 Å². The summed E-state index contributed by atoms with van der Waals surface area (Å²) in [5, 5.41) is 1.24. The van der Waals surface area contributed by atoms with Crippen LogP contribution in [0.25, 0.3) is 10.1 Å². The summed E-state index contributed by atoms with van der Waals surface area (Å²) in [5.41, 5.74) is 0.268. The Bertz CT molecular complexity index is 1180. The van der Waals surface area contributed by atoms with Crippen molar-refractivity contribution in [2.75, 3.05) is 44.2 Å². The molecule has 0 unspecified atom stereocenters. The average Bonchev–Trinajstić information content (AvgIpc) is 3.23. The van der Waals surface area contributed by atoms with E-state index in [1.165, 1.54) is 14.7 Å². The summed E-state index contributed by atoms with van der Waals surface area (Å²) in [4.78, 5) is 29.8. The van der Waals surface area contributed by atoms with Gasteiger partial charge < -0.3 is 9.64 Å². The number of benzene rings is 1. The third-order valence-corrected chi connectivity index (χ3v) is 7.03. The second-order valence-corrected chi connectivity index (χ2v) is 8.96. The first-order valence-electron chi connectivity index (χ1n) is 10.9. The summed E-state index contributed by atoms with van der Waals surface area (Å²) in [6.45, 7) is 6.81. The molecule has 1 saturated heterocycles. The van der Waals surface area contributed by atoms with E-state index < -0.39 is 0 Å². The summed E-state index contributed by atoms with van der Waals surface area (Å²) >= 11 is 1.57. The standard InChI is InChI=1S/C22H27N5O3S/c28-20-15-17-16-30-14-13-26(17)22(29)27(20)8-4-3-7-24-9-11-25(12-10-24)21-18-5-1-2-6-19(18)31-23-21/h1-2,5-6,15H,3-4,7-14,16H2. The molecular formula is C22H27N5O3S. The van der Waals surface area contributed by atoms with E-state index in [2.05, 4.69) is 38.4 Å². The van der Waals surface area contributed by atoms with Gasteiger partial charge in [-0.05, 0) is 43.1 Å². The van der Waals surface area contributed by atoms with Gasteiger partial charge in [-0.2, -0.15) is 4.37 Å². The molecule has 2 aromatic heterocycles. The van der Waals surface area contributed by atoms with Crippen molar-refractivity contribution >= 4 is 27.4 Å². The fraction of sp³-hybridized carbons (Fsp3) is 0.500. The fourth-order valence-electron chi connectivity index (χ4n) is 4.45. The molecule has 4 heterocycles. The first-order chi connectivity index (χ1) is 15.2. The SMILES string of the molecule is O=c1cc2n(c(=O)n1CCCCN1CCN(c3nsc4ccccc34)CC1)CCOC2. The van der Waals surface area contributed by atoms with Crippen LogP contribution in [-0.2, 0) is 24.4 Å². The Kier molecular flexibility index (Phi) is 5.89. The zero-order valence-electron chi connectivity index (χ0n) is 17.5. The number of ether oxygens (including phenoxy) is 1. The maximum atomic E-state index is 12.6. The molecule has 0 bridgehead atoms. The Morgan fingerprint density at radius 3 is 2.68 bits per heavy atom. The van der Waals surface area contributed by atoms with Gasteiger partial charge in [-0.1, -0.05) is 12.1 Å². The van der Waals surface area contributed by atoms with E-state index in [1.54, 1.807) is 22.2 Å². The number of hydrogen-bond donors (Lipinski definition) is 0. The van der Waals surface area contributed by atoms with Crippen molar-refractivity contribution in [2.24, 2.45) is 0 Å². The predicted octanol–water partition coefficient (Wildman–Crippen LogP) is 1.75. The van der Waals surface area contributed by atoms with Gasteiger partial charge in [0.2, 0.25) is 0 Å². The number of fused-ring (bicyclic) bond motifs is 2. The van der Waals surface area contributed by atoms with Crippen molar-refractivity contribution in [1.29, 1.82) is 0 Å². The molecule has 0 spiro atoms. The Morgan fingerprint density at radius 1 is 1.00 bits per heavy atom. The molecule has 164 valence electrons. The molecule has 8 nitrogen and oxygen atoms in total. The number of hydrogen-bond acceptors (Lipinski definition) is 7. The minimum Gasteiger partial charge on any atom is -0.373 e. The van der Waals surface area contributed by atoms with Crippen LogP contribution in [0.15, 0.2) is 39.9 Å². The van der Waals surface area contributed by atoms with Gasteiger partial charge in [-0.3, -0.25) is 18.8 Å². The van der Waals surface area contributed by atoms with E-state index >= 15 is 0 Å². The van der Waals surface area contributed by atoms with Crippen LogP contribution in [0.3, 0.4) is 0 Å². The first-order valence-corrected chi connectivity index (χ1v) is 11.7. The van der Waals surface area contributed by atoms with E-state index in [0.717, 1.165) is 51.4 Å². The highest BCUT2D eigenvalue weighted by molar-refractivity contribution is 7.13. The number of unbranched alkanes of at least 4 members (excludes halogenated alkanes) is 1. The molecule has 0 saturated carbocycles. The lowest BCUT2D eigenvalue weighted by Gasteiger charge is -2.35. The normalized spacial score (nSPS) is 17.2. The van der Waals surface area contributed by atoms with Crippen molar-refractivity contribution in [3.05, 3.63) is 56.9 Å². The number of rotatable bonds is 6. The quantitative estimate of drug-likeness (QED) is 0.543. The molecule has 31 heavy (non-hydrogen) atoms. The van der Waals surface area contributed by atoms with Gasteiger partial charge in [0.25, 0.3) is 5.56 Å². The van der Waals surface area contributed by atoms with Crippen LogP contribution in [0.1, 0.15) is 18.5 Å². The second kappa shape index (κ2) is 8.94. The van der Waals surface area contributed by atoms with E-state index in [-0.39, 0.29) is 11.2 Å². The van der Waals surface area contributed by atoms with Crippen molar-refractivity contribution in [1.82, 2.24) is 18.4 Å². The molecule has 0 amide bonds. The third kappa shape index (κ3) is 4.17. The zero-order chi connectivity index (χ0) is 21.2. The predicted molar refractivity (Wildman–Crippen MR) is 122 cm³/mol. The van der Waals surface area contributed by atoms with Crippen molar-refractivity contribution in [3.8, 4) is 0 Å². The van der Waals surface area contributed by atoms with Crippen molar-refractivity contribution in [3.63, 3.8) is 0 Å². The summed E-state index contributed by atoms with van der Waals surface area (Å²) in [6.07, 6.45) is 1.79. The molecule has 3 aromatic rings. The Labute approximate surface area is 184 Å². The van der Waals surface area contributed by atoms with E-state index in [1.807, 2.05) is 0 Å². The monoisotopic (exact) mass is 441 g/mol. The highest BCUT2D eigenvalue weighted by Gasteiger charge is 2.20. The lowest BCUT2D eigenvalue weighted by Crippen LogP contribution is -2.47. The Morgan fingerprint density at radius 2 is 1.81 bits per heavy atom. The molecule has 5 rings (SSSR count). The van der Waals surface area contributed by atoms with Crippen LogP contribution >= 0.6 is 11.5 Å². The largest absolute Gasteiger partial charge is 0.373 e. The van der Waals surface area contributed by atoms with Gasteiger partial charge in [-0.15, -0.1) is 0 Å². The molecule has 9 heteroatoms. The van der Waals surface area contributed by atoms with Crippen LogP contribution in [0.2, 0.25) is 0 Å². The topological polar surface area (TPSA) is 72.6 Å². The molecule has 1 aromatic carbocycles. The van der Waals surface area contributed by atoms with Gasteiger partial charge in [0.1, 0.15) is 5.82 Å². The summed E-state index contributed by atoms with van der Waals surface area (Å²) in [5.74, 6) is 1.11. The average molecular weight is 442 g/mol. The zero-order valence-corrected chi connectivity index (χ0v) is 18.4. The van der Waals surface area contributed by atoms with Gasteiger partial charge >= 0.3 is 5.69 Å². The van der Waals surface area contributed by atoms with Gasteiger partial charge in [-0.25, -0.2) is 4.79 Å². The molecule has 1 fully saturated rings. The summed E-state index contributed by atoms with van der Waals surface area (Å²) < 4.78 is 14.3. The summed E-state index contributed by atoms with van der Waals surface area (Å²) in [7, 11) is 0. The van der Waals surface area contributed by atoms with Crippen LogP contribution in [0, 0.1) is 0 Å². The second-order valence-electron chi connectivity index (χ2n) is 8.15. The highest BCUT2D eigenvalue weighted by atomic mass is 32.1. The smallest absolute Gasteiger partial charge is 0.331 e. The fourth-order valence-corrected chi connectivity index (χ4v) is 5.24. The summed E-state index contributed by atoms with van der Waals surface area (Å²) in [6, 6.07) is 9.95. The number of aromatic nitrogens is 3. The Balaban J connectivity index is 1.12. The maximum absolute atomic E-state index is 12.6. The number of nitrogens with zero attached hydrogens (tertiary/aromatic N) is 5. The van der Waals surface area contributed by atoms with E-state index in [4.69, 9.17) is 4.74 Å². The lowest BCUT2D eigenvalue weighted by atomic mass is 10.2. The van der Waals surface area contributed by atoms with Crippen LogP contribution in [0.4, 0.5) is 5.82 Å². The van der Waals surface area contributed by atoms with E-state index in [0.29, 0.717) is 32.0 Å². The maximum Gasteiger partial charge on any atom is 0.331 e. The minimum absolute atomic E-state index is 0.199. The number of piperazine rings is 1. The lowest BCUT2D eigenvalue weighted by molar-refractivity contribution is 0.0805. The third-order valence-electron chi connectivity index (χ3n) is 6.21. The molecule has 2 aliphatic rings. The molecule has 0 aliphatic carbocycles. The minimum atomic E-state index is -0.217.